The molecular formula is C8H20N2O. The second-order valence-electron chi connectivity index (χ2n) is 2.56. The van der Waals surface area contributed by atoms with Gasteiger partial charge < -0.3 is 10.5 Å². The van der Waals surface area contributed by atoms with E-state index >= 15 is 0 Å². The summed E-state index contributed by atoms with van der Waals surface area (Å²) in [5, 5.41) is 0. The van der Waals surface area contributed by atoms with Crippen molar-refractivity contribution in [3.05, 3.63) is 0 Å². The summed E-state index contributed by atoms with van der Waals surface area (Å²) >= 11 is 0. The molecular weight excluding hydrogens is 140 g/mol. The van der Waals surface area contributed by atoms with Crippen molar-refractivity contribution in [3.63, 3.8) is 0 Å². The van der Waals surface area contributed by atoms with Gasteiger partial charge in [0.25, 0.3) is 0 Å². The maximum absolute atomic E-state index is 5.60. The van der Waals surface area contributed by atoms with Crippen LogP contribution in [0.15, 0.2) is 0 Å². The summed E-state index contributed by atoms with van der Waals surface area (Å²) < 4.78 is 5.20. The van der Waals surface area contributed by atoms with Crippen molar-refractivity contribution in [2.75, 3.05) is 20.2 Å². The Bertz CT molecular complexity index is 88.1. The molecule has 2 unspecified atom stereocenters. The van der Waals surface area contributed by atoms with Gasteiger partial charge in [-0.3, -0.25) is 4.90 Å². The van der Waals surface area contributed by atoms with Crippen LogP contribution in [0.2, 0.25) is 0 Å². The van der Waals surface area contributed by atoms with Crippen LogP contribution in [-0.2, 0) is 4.74 Å². The van der Waals surface area contributed by atoms with E-state index < -0.39 is 0 Å². The molecule has 1 aliphatic rings. The highest BCUT2D eigenvalue weighted by Gasteiger charge is 2.21. The third-order valence-electron chi connectivity index (χ3n) is 1.93. The quantitative estimate of drug-likeness (QED) is 0.565. The molecule has 1 fully saturated rings. The second kappa shape index (κ2) is 5.52. The van der Waals surface area contributed by atoms with E-state index in [4.69, 9.17) is 10.5 Å². The van der Waals surface area contributed by atoms with Crippen LogP contribution >= 0.6 is 0 Å². The number of ether oxygens (including phenoxy) is 1. The molecule has 0 amide bonds. The summed E-state index contributed by atoms with van der Waals surface area (Å²) in [4.78, 5) is 2.20. The minimum atomic E-state index is -0.0938. The summed E-state index contributed by atoms with van der Waals surface area (Å²) in [7, 11) is 2.06. The molecule has 0 radical (unpaired) electrons. The van der Waals surface area contributed by atoms with E-state index in [0.717, 1.165) is 13.2 Å². The third kappa shape index (κ3) is 3.18. The van der Waals surface area contributed by atoms with E-state index in [1.165, 1.54) is 0 Å². The van der Waals surface area contributed by atoms with Gasteiger partial charge in [0.2, 0.25) is 0 Å². The van der Waals surface area contributed by atoms with Crippen LogP contribution in [0.3, 0.4) is 0 Å². The Balaban J connectivity index is 0.000000461. The predicted octanol–water partition coefficient (Wildman–Crippen LogP) is 0.648. The Morgan fingerprint density at radius 3 is 2.36 bits per heavy atom. The average Bonchev–Trinajstić information content (AvgIpc) is 2.04. The number of morpholine rings is 1. The Hall–Kier alpha value is -0.120. The number of rotatable bonds is 0. The first-order valence-corrected chi connectivity index (χ1v) is 4.29. The van der Waals surface area contributed by atoms with Crippen LogP contribution in [0.1, 0.15) is 20.8 Å². The minimum absolute atomic E-state index is 0.0938. The monoisotopic (exact) mass is 160 g/mol. The maximum atomic E-state index is 5.60. The topological polar surface area (TPSA) is 38.5 Å². The van der Waals surface area contributed by atoms with Gasteiger partial charge in [0.15, 0.2) is 0 Å². The van der Waals surface area contributed by atoms with E-state index in [0.29, 0.717) is 6.04 Å². The molecule has 0 aliphatic carbocycles. The van der Waals surface area contributed by atoms with Crippen molar-refractivity contribution >= 4 is 0 Å². The fraction of sp³-hybridized carbons (Fsp3) is 1.00. The van der Waals surface area contributed by atoms with Crippen LogP contribution in [0.5, 0.6) is 0 Å². The van der Waals surface area contributed by atoms with Crippen molar-refractivity contribution in [3.8, 4) is 0 Å². The van der Waals surface area contributed by atoms with E-state index in [1.54, 1.807) is 0 Å². The van der Waals surface area contributed by atoms with Gasteiger partial charge in [-0.05, 0) is 14.0 Å². The largest absolute Gasteiger partial charge is 0.361 e. The van der Waals surface area contributed by atoms with Crippen LogP contribution in [-0.4, -0.2) is 37.4 Å². The standard InChI is InChI=1S/C6H14N2O.C2H6/c1-5-6(7)9-4-3-8(5)2;1-2/h5-6H,3-4,7H2,1-2H3;1-2H3. The first kappa shape index (κ1) is 10.9. The fourth-order valence-corrected chi connectivity index (χ4v) is 0.926. The second-order valence-corrected chi connectivity index (χ2v) is 2.56. The van der Waals surface area contributed by atoms with Crippen molar-refractivity contribution in [1.29, 1.82) is 0 Å². The third-order valence-corrected chi connectivity index (χ3v) is 1.93. The highest BCUT2D eigenvalue weighted by atomic mass is 16.5. The van der Waals surface area contributed by atoms with Gasteiger partial charge in [0.1, 0.15) is 6.23 Å². The van der Waals surface area contributed by atoms with E-state index in [9.17, 15) is 0 Å². The van der Waals surface area contributed by atoms with E-state index in [-0.39, 0.29) is 6.23 Å². The average molecular weight is 160 g/mol. The van der Waals surface area contributed by atoms with Crippen molar-refractivity contribution in [2.45, 2.75) is 33.0 Å². The Labute approximate surface area is 69.5 Å². The van der Waals surface area contributed by atoms with Gasteiger partial charge in [0, 0.05) is 12.6 Å². The minimum Gasteiger partial charge on any atom is -0.361 e. The molecule has 3 heteroatoms. The van der Waals surface area contributed by atoms with Gasteiger partial charge in [-0.2, -0.15) is 0 Å². The highest BCUT2D eigenvalue weighted by molar-refractivity contribution is 4.72. The molecule has 1 heterocycles. The Morgan fingerprint density at radius 1 is 1.45 bits per heavy atom. The van der Waals surface area contributed by atoms with Crippen LogP contribution < -0.4 is 5.73 Å². The zero-order valence-electron chi connectivity index (χ0n) is 8.00. The molecule has 3 nitrogen and oxygen atoms in total. The van der Waals surface area contributed by atoms with E-state index in [1.807, 2.05) is 13.8 Å². The lowest BCUT2D eigenvalue weighted by Crippen LogP contribution is -2.51. The molecule has 0 bridgehead atoms. The molecule has 1 rings (SSSR count). The number of nitrogens with zero attached hydrogens (tertiary/aromatic N) is 1. The van der Waals surface area contributed by atoms with Gasteiger partial charge in [-0.1, -0.05) is 13.8 Å². The molecule has 0 saturated carbocycles. The van der Waals surface area contributed by atoms with Crippen LogP contribution in [0.4, 0.5) is 0 Å². The van der Waals surface area contributed by atoms with Gasteiger partial charge in [0.05, 0.1) is 6.61 Å². The zero-order chi connectivity index (χ0) is 8.85. The highest BCUT2D eigenvalue weighted by Crippen LogP contribution is 2.05. The number of nitrogens with two attached hydrogens (primary N) is 1. The molecule has 2 atom stereocenters. The fourth-order valence-electron chi connectivity index (χ4n) is 0.926. The summed E-state index contributed by atoms with van der Waals surface area (Å²) in [6, 6.07) is 0.360. The predicted molar refractivity (Wildman–Crippen MR) is 47.4 cm³/mol. The number of hydrogen-bond donors (Lipinski definition) is 1. The molecule has 0 aromatic carbocycles. The van der Waals surface area contributed by atoms with Crippen molar-refractivity contribution in [2.24, 2.45) is 5.73 Å². The molecule has 11 heavy (non-hydrogen) atoms. The number of likely N-dealkylation sites (N-methyl/N-ethyl adjacent to an activating group) is 1. The summed E-state index contributed by atoms with van der Waals surface area (Å²) in [6.07, 6.45) is -0.0938. The summed E-state index contributed by atoms with van der Waals surface area (Å²) in [5.74, 6) is 0. The first-order chi connectivity index (χ1) is 5.22. The maximum Gasteiger partial charge on any atom is 0.121 e. The SMILES string of the molecule is CC.CC1C(N)OCCN1C. The van der Waals surface area contributed by atoms with Crippen molar-refractivity contribution in [1.82, 2.24) is 4.90 Å². The smallest absolute Gasteiger partial charge is 0.121 e. The lowest BCUT2D eigenvalue weighted by Gasteiger charge is -2.34. The molecule has 1 aliphatic heterocycles. The van der Waals surface area contributed by atoms with Crippen LogP contribution in [0.25, 0.3) is 0 Å². The molecule has 2 N–H and O–H groups in total. The Kier molecular flexibility index (Phi) is 5.46. The lowest BCUT2D eigenvalue weighted by atomic mass is 10.2. The number of hydrogen-bond acceptors (Lipinski definition) is 3. The van der Waals surface area contributed by atoms with Crippen molar-refractivity contribution < 1.29 is 4.74 Å². The molecule has 1 saturated heterocycles. The zero-order valence-corrected chi connectivity index (χ0v) is 8.00. The molecule has 0 aromatic rings. The van der Waals surface area contributed by atoms with Crippen LogP contribution in [0, 0.1) is 0 Å². The van der Waals surface area contributed by atoms with Gasteiger partial charge in [-0.15, -0.1) is 0 Å². The van der Waals surface area contributed by atoms with E-state index in [2.05, 4.69) is 18.9 Å². The Morgan fingerprint density at radius 2 is 2.00 bits per heavy atom. The summed E-state index contributed by atoms with van der Waals surface area (Å²) in [6.45, 7) is 7.83. The molecule has 0 spiro atoms. The van der Waals surface area contributed by atoms with Gasteiger partial charge >= 0.3 is 0 Å². The van der Waals surface area contributed by atoms with Gasteiger partial charge in [-0.25, -0.2) is 0 Å². The molecule has 0 aromatic heterocycles. The lowest BCUT2D eigenvalue weighted by molar-refractivity contribution is -0.0513. The first-order valence-electron chi connectivity index (χ1n) is 4.29. The summed E-state index contributed by atoms with van der Waals surface area (Å²) in [5.41, 5.74) is 5.60. The normalized spacial score (nSPS) is 32.5. The molecule has 68 valence electrons.